The number of hydrogen-bond donors (Lipinski definition) is 1. The van der Waals surface area contributed by atoms with Crippen molar-refractivity contribution in [1.82, 2.24) is 4.98 Å². The van der Waals surface area contributed by atoms with Crippen LogP contribution in [0.5, 0.6) is 0 Å². The van der Waals surface area contributed by atoms with E-state index in [2.05, 4.69) is 4.98 Å². The zero-order valence-corrected chi connectivity index (χ0v) is 10.2. The number of pyridine rings is 1. The van der Waals surface area contributed by atoms with Crippen molar-refractivity contribution in [3.8, 4) is 0 Å². The second-order valence-electron chi connectivity index (χ2n) is 5.06. The molecule has 0 bridgehead atoms. The Morgan fingerprint density at radius 3 is 2.78 bits per heavy atom. The Bertz CT molecular complexity index is 432. The van der Waals surface area contributed by atoms with Gasteiger partial charge in [-0.2, -0.15) is 13.2 Å². The van der Waals surface area contributed by atoms with Crippen molar-refractivity contribution in [2.24, 2.45) is 5.92 Å². The minimum absolute atomic E-state index is 0.102. The molecule has 0 radical (unpaired) electrons. The van der Waals surface area contributed by atoms with Gasteiger partial charge in [-0.25, -0.2) is 0 Å². The highest BCUT2D eigenvalue weighted by Gasteiger charge is 2.47. The van der Waals surface area contributed by atoms with Gasteiger partial charge in [0.2, 0.25) is 0 Å². The lowest BCUT2D eigenvalue weighted by Gasteiger charge is -2.38. The molecule has 0 aliphatic heterocycles. The smallest absolute Gasteiger partial charge is 0.385 e. The largest absolute Gasteiger partial charge is 0.391 e. The van der Waals surface area contributed by atoms with Gasteiger partial charge in [0.1, 0.15) is 0 Å². The lowest BCUT2D eigenvalue weighted by Crippen LogP contribution is -2.38. The van der Waals surface area contributed by atoms with Gasteiger partial charge in [-0.05, 0) is 44.2 Å². The van der Waals surface area contributed by atoms with E-state index in [9.17, 15) is 18.3 Å². The van der Waals surface area contributed by atoms with Crippen LogP contribution in [0.2, 0.25) is 0 Å². The summed E-state index contributed by atoms with van der Waals surface area (Å²) in [6.45, 7) is 1.78. The van der Waals surface area contributed by atoms with Gasteiger partial charge in [0, 0.05) is 18.0 Å². The first-order valence-corrected chi connectivity index (χ1v) is 6.03. The molecule has 0 spiro atoms. The van der Waals surface area contributed by atoms with Crippen LogP contribution in [0.15, 0.2) is 18.5 Å². The molecule has 1 N–H and O–H groups in total. The number of aromatic nitrogens is 1. The van der Waals surface area contributed by atoms with Crippen molar-refractivity contribution in [1.29, 1.82) is 0 Å². The molecule has 1 saturated carbocycles. The predicted molar refractivity (Wildman–Crippen MR) is 60.9 cm³/mol. The Labute approximate surface area is 104 Å². The van der Waals surface area contributed by atoms with Gasteiger partial charge < -0.3 is 5.11 Å². The third-order valence-electron chi connectivity index (χ3n) is 3.73. The highest BCUT2D eigenvalue weighted by Crippen LogP contribution is 2.46. The second kappa shape index (κ2) is 4.53. The highest BCUT2D eigenvalue weighted by molar-refractivity contribution is 5.28. The van der Waals surface area contributed by atoms with E-state index in [4.69, 9.17) is 0 Å². The van der Waals surface area contributed by atoms with E-state index in [0.717, 1.165) is 5.56 Å². The topological polar surface area (TPSA) is 33.1 Å². The molecule has 0 saturated heterocycles. The van der Waals surface area contributed by atoms with E-state index in [1.165, 1.54) is 6.20 Å². The Kier molecular flexibility index (Phi) is 3.36. The molecule has 2 rings (SSSR count). The van der Waals surface area contributed by atoms with Gasteiger partial charge in [0.25, 0.3) is 0 Å². The molecular formula is C13H16F3NO. The number of nitrogens with zero attached hydrogens (tertiary/aromatic N) is 1. The normalized spacial score (nSPS) is 29.3. The molecule has 100 valence electrons. The maximum Gasteiger partial charge on any atom is 0.391 e. The summed E-state index contributed by atoms with van der Waals surface area (Å²) in [4.78, 5) is 3.91. The van der Waals surface area contributed by atoms with E-state index in [-0.39, 0.29) is 12.8 Å². The summed E-state index contributed by atoms with van der Waals surface area (Å²) in [6.07, 6.45) is -0.583. The lowest BCUT2D eigenvalue weighted by atomic mass is 9.73. The van der Waals surface area contributed by atoms with Crippen molar-refractivity contribution < 1.29 is 18.3 Å². The fraction of sp³-hybridized carbons (Fsp3) is 0.615. The molecule has 1 aromatic rings. The Morgan fingerprint density at radius 1 is 1.44 bits per heavy atom. The van der Waals surface area contributed by atoms with Crippen molar-refractivity contribution in [2.75, 3.05) is 0 Å². The van der Waals surface area contributed by atoms with Crippen LogP contribution in [0.25, 0.3) is 0 Å². The number of aliphatic hydroxyl groups is 1. The zero-order valence-electron chi connectivity index (χ0n) is 10.2. The highest BCUT2D eigenvalue weighted by atomic mass is 19.4. The van der Waals surface area contributed by atoms with Crippen molar-refractivity contribution >= 4 is 0 Å². The molecule has 2 atom stereocenters. The first-order valence-electron chi connectivity index (χ1n) is 6.03. The van der Waals surface area contributed by atoms with E-state index in [0.29, 0.717) is 18.4 Å². The van der Waals surface area contributed by atoms with Gasteiger partial charge in [-0.1, -0.05) is 0 Å². The van der Waals surface area contributed by atoms with E-state index >= 15 is 0 Å². The SMILES string of the molecule is Cc1ccncc1C1(O)CCCC(C(F)(F)F)C1. The Balaban J connectivity index is 2.29. The van der Waals surface area contributed by atoms with Gasteiger partial charge in [0.05, 0.1) is 11.5 Å². The summed E-state index contributed by atoms with van der Waals surface area (Å²) in [5, 5.41) is 10.5. The molecule has 2 nitrogen and oxygen atoms in total. The number of aryl methyl sites for hydroxylation is 1. The van der Waals surface area contributed by atoms with Crippen LogP contribution >= 0.6 is 0 Å². The summed E-state index contributed by atoms with van der Waals surface area (Å²) < 4.78 is 38.3. The molecule has 5 heteroatoms. The molecule has 1 aliphatic rings. The van der Waals surface area contributed by atoms with Crippen LogP contribution in [0.3, 0.4) is 0 Å². The van der Waals surface area contributed by atoms with E-state index in [1.54, 1.807) is 19.2 Å². The van der Waals surface area contributed by atoms with Gasteiger partial charge in [-0.15, -0.1) is 0 Å². The molecular weight excluding hydrogens is 243 g/mol. The van der Waals surface area contributed by atoms with Crippen LogP contribution in [0.4, 0.5) is 13.2 Å². The van der Waals surface area contributed by atoms with Crippen LogP contribution in [0.1, 0.15) is 36.8 Å². The second-order valence-corrected chi connectivity index (χ2v) is 5.06. The molecule has 2 unspecified atom stereocenters. The van der Waals surface area contributed by atoms with Crippen molar-refractivity contribution in [2.45, 2.75) is 44.4 Å². The minimum atomic E-state index is -4.23. The average molecular weight is 259 g/mol. The van der Waals surface area contributed by atoms with Crippen LogP contribution in [0, 0.1) is 12.8 Å². The molecule has 1 fully saturated rings. The van der Waals surface area contributed by atoms with E-state index in [1.807, 2.05) is 0 Å². The lowest BCUT2D eigenvalue weighted by molar-refractivity contribution is -0.202. The first-order chi connectivity index (χ1) is 8.33. The number of rotatable bonds is 1. The summed E-state index contributed by atoms with van der Waals surface area (Å²) in [6, 6.07) is 1.71. The van der Waals surface area contributed by atoms with Crippen LogP contribution < -0.4 is 0 Å². The molecule has 1 aliphatic carbocycles. The fourth-order valence-corrected chi connectivity index (χ4v) is 2.73. The summed E-state index contributed by atoms with van der Waals surface area (Å²) in [7, 11) is 0. The third kappa shape index (κ3) is 2.51. The predicted octanol–water partition coefficient (Wildman–Crippen LogP) is 3.33. The summed E-state index contributed by atoms with van der Waals surface area (Å²) in [5.74, 6) is -1.42. The van der Waals surface area contributed by atoms with Crippen LogP contribution in [-0.2, 0) is 5.60 Å². The van der Waals surface area contributed by atoms with Gasteiger partial charge in [0.15, 0.2) is 0 Å². The standard InChI is InChI=1S/C13H16F3NO/c1-9-4-6-17-8-11(9)12(18)5-2-3-10(7-12)13(14,15)16/h4,6,8,10,18H,2-3,5,7H2,1H3. The quantitative estimate of drug-likeness (QED) is 0.839. The monoisotopic (exact) mass is 259 g/mol. The number of hydrogen-bond acceptors (Lipinski definition) is 2. The number of halogens is 3. The molecule has 0 amide bonds. The minimum Gasteiger partial charge on any atom is -0.385 e. The summed E-state index contributed by atoms with van der Waals surface area (Å²) in [5.41, 5.74) is -0.0779. The van der Waals surface area contributed by atoms with E-state index < -0.39 is 17.7 Å². The summed E-state index contributed by atoms with van der Waals surface area (Å²) >= 11 is 0. The molecule has 1 heterocycles. The zero-order chi connectivity index (χ0) is 13.4. The Hall–Kier alpha value is -1.10. The van der Waals surface area contributed by atoms with Gasteiger partial charge >= 0.3 is 6.18 Å². The van der Waals surface area contributed by atoms with Crippen molar-refractivity contribution in [3.05, 3.63) is 29.6 Å². The molecule has 1 aromatic heterocycles. The molecule has 18 heavy (non-hydrogen) atoms. The van der Waals surface area contributed by atoms with Gasteiger partial charge in [-0.3, -0.25) is 4.98 Å². The molecule has 0 aromatic carbocycles. The van der Waals surface area contributed by atoms with Crippen LogP contribution in [-0.4, -0.2) is 16.3 Å². The fourth-order valence-electron chi connectivity index (χ4n) is 2.73. The maximum atomic E-state index is 12.8. The van der Waals surface area contributed by atoms with Crippen molar-refractivity contribution in [3.63, 3.8) is 0 Å². The maximum absolute atomic E-state index is 12.8. The average Bonchev–Trinajstić information content (AvgIpc) is 2.28. The Morgan fingerprint density at radius 2 is 2.17 bits per heavy atom. The first kappa shape index (κ1) is 13.3. The third-order valence-corrected chi connectivity index (χ3v) is 3.73. The number of alkyl halides is 3.